The van der Waals surface area contributed by atoms with Crippen LogP contribution < -0.4 is 5.43 Å². The Morgan fingerprint density at radius 1 is 1.50 bits per heavy atom. The fourth-order valence-corrected chi connectivity index (χ4v) is 2.07. The Kier molecular flexibility index (Phi) is 4.52. The molecule has 1 aliphatic heterocycles. The summed E-state index contributed by atoms with van der Waals surface area (Å²) in [7, 11) is 1.78. The molecule has 0 radical (unpaired) electrons. The van der Waals surface area contributed by atoms with Crippen LogP contribution in [-0.2, 0) is 24.6 Å². The van der Waals surface area contributed by atoms with E-state index in [2.05, 4.69) is 10.4 Å². The molecular formula is C5H9HgN2S2. The van der Waals surface area contributed by atoms with E-state index in [0.29, 0.717) is 0 Å². The summed E-state index contributed by atoms with van der Waals surface area (Å²) in [6.07, 6.45) is 2.62. The van der Waals surface area contributed by atoms with E-state index in [1.807, 2.05) is 0 Å². The molecule has 0 spiro atoms. The molecule has 10 heavy (non-hydrogen) atoms. The molecule has 0 aromatic rings. The van der Waals surface area contributed by atoms with E-state index in [9.17, 15) is 0 Å². The summed E-state index contributed by atoms with van der Waals surface area (Å²) < 4.78 is 0.963. The van der Waals surface area contributed by atoms with Crippen molar-refractivity contribution in [3.05, 3.63) is 0 Å². The van der Waals surface area contributed by atoms with Gasteiger partial charge < -0.3 is 0 Å². The molecule has 53 valence electrons. The van der Waals surface area contributed by atoms with E-state index in [0.717, 1.165) is 42.0 Å². The Hall–Kier alpha value is 1.14. The fourth-order valence-electron chi connectivity index (χ4n) is 0.990. The molecule has 2 nitrogen and oxygen atoms in total. The zero-order chi connectivity index (χ0) is 7.40. The summed E-state index contributed by atoms with van der Waals surface area (Å²) in [4.78, 5) is 0. The van der Waals surface area contributed by atoms with E-state index < -0.39 is 0 Å². The standard InChI is InChI=1S/C5H10N2S2.Hg/c8-5(9)6-7-3-1-2-4-7;/h1-4H2,(H2,6,8,9);/q;+1/p-1. The fraction of sp³-hybridized carbons (Fsp3) is 0.800. The molecule has 0 unspecified atom stereocenters. The average molecular weight is 362 g/mol. The topological polar surface area (TPSA) is 15.3 Å². The van der Waals surface area contributed by atoms with Crippen molar-refractivity contribution in [1.29, 1.82) is 0 Å². The summed E-state index contributed by atoms with van der Waals surface area (Å²) in [5.41, 5.74) is 3.20. The molecule has 1 heterocycles. The van der Waals surface area contributed by atoms with Crippen LogP contribution in [-0.4, -0.2) is 22.4 Å². The molecule has 1 saturated heterocycles. The van der Waals surface area contributed by atoms with Gasteiger partial charge in [0.25, 0.3) is 0 Å². The number of rotatable bonds is 1. The first-order chi connectivity index (χ1) is 4.83. The number of hydrogen-bond acceptors (Lipinski definition) is 3. The predicted molar refractivity (Wildman–Crippen MR) is 44.1 cm³/mol. The molecule has 1 fully saturated rings. The number of thiocarbonyl (C=S) groups is 1. The number of nitrogens with one attached hydrogen (secondary N) is 1. The van der Waals surface area contributed by atoms with E-state index in [1.165, 1.54) is 12.8 Å². The summed E-state index contributed by atoms with van der Waals surface area (Å²) >= 11 is 5.78. The quantitative estimate of drug-likeness (QED) is 0.555. The molecule has 0 aromatic heterocycles. The van der Waals surface area contributed by atoms with Crippen molar-refractivity contribution >= 4 is 24.8 Å². The third-order valence-corrected chi connectivity index (χ3v) is 8.09. The van der Waals surface area contributed by atoms with Crippen molar-refractivity contribution in [3.63, 3.8) is 0 Å². The van der Waals surface area contributed by atoms with Crippen LogP contribution in [0.2, 0.25) is 0 Å². The van der Waals surface area contributed by atoms with E-state index >= 15 is 0 Å². The van der Waals surface area contributed by atoms with Crippen molar-refractivity contribution < 1.29 is 24.6 Å². The SMILES string of the molecule is S=C(NN1CCCC1)[S][Hg]. The first-order valence-corrected chi connectivity index (χ1v) is 11.4. The Labute approximate surface area is 85.2 Å². The van der Waals surface area contributed by atoms with Gasteiger partial charge in [-0.3, -0.25) is 0 Å². The van der Waals surface area contributed by atoms with Crippen LogP contribution >= 0.6 is 20.5 Å². The monoisotopic (exact) mass is 363 g/mol. The molecular weight excluding hydrogens is 353 g/mol. The van der Waals surface area contributed by atoms with Crippen LogP contribution in [0.15, 0.2) is 0 Å². The Balaban J connectivity index is 2.17. The Bertz CT molecular complexity index is 125. The van der Waals surface area contributed by atoms with Crippen molar-refractivity contribution in [2.24, 2.45) is 0 Å². The molecule has 5 heteroatoms. The molecule has 0 aliphatic carbocycles. The molecule has 0 bridgehead atoms. The molecule has 0 saturated carbocycles. The van der Waals surface area contributed by atoms with E-state index in [-0.39, 0.29) is 0 Å². The van der Waals surface area contributed by atoms with Gasteiger partial charge in [-0.25, -0.2) is 0 Å². The minimum atomic E-state index is 0.730. The zero-order valence-electron chi connectivity index (χ0n) is 5.80. The first-order valence-electron chi connectivity index (χ1n) is 3.30. The van der Waals surface area contributed by atoms with Gasteiger partial charge in [0.1, 0.15) is 0 Å². The number of hydrazine groups is 1. The third kappa shape index (κ3) is 3.03. The molecule has 0 atom stereocenters. The van der Waals surface area contributed by atoms with Gasteiger partial charge in [0.05, 0.1) is 0 Å². The van der Waals surface area contributed by atoms with Crippen LogP contribution in [0.1, 0.15) is 12.8 Å². The van der Waals surface area contributed by atoms with E-state index in [4.69, 9.17) is 12.2 Å². The maximum atomic E-state index is 5.05. The summed E-state index contributed by atoms with van der Waals surface area (Å²) in [5.74, 6) is 0. The van der Waals surface area contributed by atoms with Crippen LogP contribution in [0.5, 0.6) is 0 Å². The van der Waals surface area contributed by atoms with Gasteiger partial charge in [-0.2, -0.15) is 0 Å². The number of hydrogen-bond donors (Lipinski definition) is 1. The Morgan fingerprint density at radius 2 is 2.10 bits per heavy atom. The Morgan fingerprint density at radius 3 is 2.60 bits per heavy atom. The van der Waals surface area contributed by atoms with Crippen LogP contribution in [0.25, 0.3) is 0 Å². The van der Waals surface area contributed by atoms with Gasteiger partial charge in [0.2, 0.25) is 0 Å². The predicted octanol–water partition coefficient (Wildman–Crippen LogP) is 1.07. The van der Waals surface area contributed by atoms with Gasteiger partial charge in [0.15, 0.2) is 0 Å². The van der Waals surface area contributed by atoms with Crippen LogP contribution in [0, 0.1) is 0 Å². The number of nitrogens with zero attached hydrogens (tertiary/aromatic N) is 1. The third-order valence-electron chi connectivity index (χ3n) is 1.49. The normalized spacial score (nSPS) is 19.4. The van der Waals surface area contributed by atoms with Crippen molar-refractivity contribution in [2.45, 2.75) is 12.8 Å². The van der Waals surface area contributed by atoms with Gasteiger partial charge in [-0.05, 0) is 0 Å². The van der Waals surface area contributed by atoms with E-state index in [1.54, 1.807) is 8.24 Å². The van der Waals surface area contributed by atoms with Gasteiger partial charge in [-0.15, -0.1) is 0 Å². The molecule has 0 aromatic carbocycles. The second kappa shape index (κ2) is 4.90. The maximum absolute atomic E-state index is 5.05. The van der Waals surface area contributed by atoms with Gasteiger partial charge >= 0.3 is 85.8 Å². The second-order valence-electron chi connectivity index (χ2n) is 2.24. The van der Waals surface area contributed by atoms with Crippen molar-refractivity contribution in [1.82, 2.24) is 10.4 Å². The summed E-state index contributed by atoms with van der Waals surface area (Å²) in [5, 5.41) is 2.21. The van der Waals surface area contributed by atoms with Gasteiger partial charge in [-0.1, -0.05) is 0 Å². The average Bonchev–Trinajstić information content (AvgIpc) is 2.40. The van der Waals surface area contributed by atoms with Crippen LogP contribution in [0.3, 0.4) is 0 Å². The van der Waals surface area contributed by atoms with Crippen LogP contribution in [0.4, 0.5) is 0 Å². The van der Waals surface area contributed by atoms with Gasteiger partial charge in [0, 0.05) is 0 Å². The molecule has 1 rings (SSSR count). The van der Waals surface area contributed by atoms with Crippen molar-refractivity contribution in [3.8, 4) is 0 Å². The summed E-state index contributed by atoms with van der Waals surface area (Å²) in [6.45, 7) is 2.32. The second-order valence-corrected chi connectivity index (χ2v) is 6.97. The minimum absolute atomic E-state index is 0.730. The molecule has 0 amide bonds. The van der Waals surface area contributed by atoms with Crippen molar-refractivity contribution in [2.75, 3.05) is 13.1 Å². The first kappa shape index (κ1) is 9.22. The molecule has 1 N–H and O–H groups in total. The molecule has 1 aliphatic rings. The summed E-state index contributed by atoms with van der Waals surface area (Å²) in [6, 6.07) is 0. The zero-order valence-corrected chi connectivity index (χ0v) is 12.9.